The van der Waals surface area contributed by atoms with Crippen LogP contribution in [0.15, 0.2) is 29.2 Å². The summed E-state index contributed by atoms with van der Waals surface area (Å²) in [6, 6.07) is 5.80. The molecule has 6 heteroatoms. The Labute approximate surface area is 109 Å². The van der Waals surface area contributed by atoms with Gasteiger partial charge in [-0.1, -0.05) is 0 Å². The molecule has 1 atom stereocenters. The number of benzene rings is 1. The number of nitrogens with one attached hydrogen (secondary N) is 1. The molecular weight excluding hydrogens is 254 g/mol. The van der Waals surface area contributed by atoms with Crippen LogP contribution in [0.25, 0.3) is 0 Å². The second-order valence-corrected chi connectivity index (χ2v) is 4.48. The third-order valence-electron chi connectivity index (χ3n) is 2.37. The van der Waals surface area contributed by atoms with Crippen molar-refractivity contribution in [2.75, 3.05) is 12.9 Å². The van der Waals surface area contributed by atoms with Crippen molar-refractivity contribution >= 4 is 23.6 Å². The standard InChI is InChI=1S/C12H15NO4S/c1-18-9-4-2-8(3-5-9)11(15)13-10(6-7-14)12(16)17/h2-5,10,14H,6-7H2,1H3,(H,13,15)(H,16,17)/t10-/m0/s1. The van der Waals surface area contributed by atoms with E-state index in [1.807, 2.05) is 6.26 Å². The molecule has 1 aromatic carbocycles. The molecule has 5 nitrogen and oxygen atoms in total. The van der Waals surface area contributed by atoms with E-state index in [2.05, 4.69) is 5.32 Å². The number of amides is 1. The van der Waals surface area contributed by atoms with Crippen molar-refractivity contribution in [3.8, 4) is 0 Å². The van der Waals surface area contributed by atoms with Gasteiger partial charge in [0.1, 0.15) is 6.04 Å². The van der Waals surface area contributed by atoms with E-state index in [1.165, 1.54) is 0 Å². The lowest BCUT2D eigenvalue weighted by Crippen LogP contribution is -2.41. The van der Waals surface area contributed by atoms with Gasteiger partial charge < -0.3 is 15.5 Å². The molecule has 0 saturated carbocycles. The molecule has 0 aliphatic carbocycles. The molecule has 0 bridgehead atoms. The summed E-state index contributed by atoms with van der Waals surface area (Å²) in [7, 11) is 0. The lowest BCUT2D eigenvalue weighted by Gasteiger charge is -2.13. The number of carbonyl (C=O) groups excluding carboxylic acids is 1. The highest BCUT2D eigenvalue weighted by Crippen LogP contribution is 2.14. The van der Waals surface area contributed by atoms with Gasteiger partial charge in [-0.2, -0.15) is 0 Å². The van der Waals surface area contributed by atoms with Gasteiger partial charge >= 0.3 is 5.97 Å². The molecule has 0 unspecified atom stereocenters. The highest BCUT2D eigenvalue weighted by molar-refractivity contribution is 7.98. The van der Waals surface area contributed by atoms with E-state index in [0.29, 0.717) is 5.56 Å². The predicted octanol–water partition coefficient (Wildman–Crippen LogP) is 0.974. The maximum absolute atomic E-state index is 11.8. The molecule has 3 N–H and O–H groups in total. The fourth-order valence-electron chi connectivity index (χ4n) is 1.37. The van der Waals surface area contributed by atoms with E-state index >= 15 is 0 Å². The van der Waals surface area contributed by atoms with Gasteiger partial charge in [-0.25, -0.2) is 4.79 Å². The number of rotatable bonds is 6. The molecule has 0 saturated heterocycles. The zero-order valence-corrected chi connectivity index (χ0v) is 10.7. The monoisotopic (exact) mass is 269 g/mol. The van der Waals surface area contributed by atoms with Crippen LogP contribution >= 0.6 is 11.8 Å². The number of aliphatic hydroxyl groups is 1. The third-order valence-corrected chi connectivity index (χ3v) is 3.12. The van der Waals surface area contributed by atoms with Crippen LogP contribution in [0.3, 0.4) is 0 Å². The van der Waals surface area contributed by atoms with Gasteiger partial charge in [0.15, 0.2) is 0 Å². The summed E-state index contributed by atoms with van der Waals surface area (Å²) in [6.45, 7) is -0.289. The number of thioether (sulfide) groups is 1. The highest BCUT2D eigenvalue weighted by atomic mass is 32.2. The lowest BCUT2D eigenvalue weighted by atomic mass is 10.1. The van der Waals surface area contributed by atoms with E-state index in [-0.39, 0.29) is 13.0 Å². The Bertz CT molecular complexity index is 419. The van der Waals surface area contributed by atoms with Gasteiger partial charge in [-0.05, 0) is 30.5 Å². The summed E-state index contributed by atoms with van der Waals surface area (Å²) in [5.74, 6) is -1.61. The van der Waals surface area contributed by atoms with Crippen LogP contribution in [0.5, 0.6) is 0 Å². The summed E-state index contributed by atoms with van der Waals surface area (Å²) in [4.78, 5) is 23.6. The van der Waals surface area contributed by atoms with Gasteiger partial charge in [0, 0.05) is 23.5 Å². The molecule has 1 rings (SSSR count). The summed E-state index contributed by atoms with van der Waals surface area (Å²) in [5, 5.41) is 19.9. The molecular formula is C12H15NO4S. The molecule has 0 aliphatic heterocycles. The summed E-state index contributed by atoms with van der Waals surface area (Å²) in [6.07, 6.45) is 1.92. The normalized spacial score (nSPS) is 11.9. The Morgan fingerprint density at radius 1 is 1.33 bits per heavy atom. The van der Waals surface area contributed by atoms with Gasteiger partial charge in [-0.3, -0.25) is 4.79 Å². The van der Waals surface area contributed by atoms with Crippen LogP contribution in [0, 0.1) is 0 Å². The largest absolute Gasteiger partial charge is 0.480 e. The zero-order chi connectivity index (χ0) is 13.5. The minimum Gasteiger partial charge on any atom is -0.480 e. The molecule has 0 spiro atoms. The average molecular weight is 269 g/mol. The van der Waals surface area contributed by atoms with E-state index in [1.54, 1.807) is 36.0 Å². The van der Waals surface area contributed by atoms with Crippen molar-refractivity contribution in [2.45, 2.75) is 17.4 Å². The van der Waals surface area contributed by atoms with Crippen molar-refractivity contribution in [1.82, 2.24) is 5.32 Å². The van der Waals surface area contributed by atoms with Gasteiger partial charge in [0.05, 0.1) is 0 Å². The second kappa shape index (κ2) is 7.03. The molecule has 0 radical (unpaired) electrons. The quantitative estimate of drug-likeness (QED) is 0.670. The maximum Gasteiger partial charge on any atom is 0.326 e. The van der Waals surface area contributed by atoms with Crippen molar-refractivity contribution < 1.29 is 19.8 Å². The van der Waals surface area contributed by atoms with Crippen molar-refractivity contribution in [2.24, 2.45) is 0 Å². The molecule has 1 amide bonds. The van der Waals surface area contributed by atoms with E-state index in [0.717, 1.165) is 4.90 Å². The fraction of sp³-hybridized carbons (Fsp3) is 0.333. The van der Waals surface area contributed by atoms with Crippen LogP contribution in [0.1, 0.15) is 16.8 Å². The lowest BCUT2D eigenvalue weighted by molar-refractivity contribution is -0.139. The summed E-state index contributed by atoms with van der Waals surface area (Å²) in [5.41, 5.74) is 0.400. The minimum atomic E-state index is -1.15. The van der Waals surface area contributed by atoms with Crippen LogP contribution in [-0.2, 0) is 4.79 Å². The Morgan fingerprint density at radius 2 is 1.94 bits per heavy atom. The Hall–Kier alpha value is -1.53. The van der Waals surface area contributed by atoms with Gasteiger partial charge in [0.2, 0.25) is 0 Å². The smallest absolute Gasteiger partial charge is 0.326 e. The number of hydrogen-bond acceptors (Lipinski definition) is 4. The van der Waals surface area contributed by atoms with E-state index in [4.69, 9.17) is 10.2 Å². The Balaban J connectivity index is 2.70. The number of carboxylic acids is 1. The fourth-order valence-corrected chi connectivity index (χ4v) is 1.78. The summed E-state index contributed by atoms with van der Waals surface area (Å²) >= 11 is 1.56. The minimum absolute atomic E-state index is 0.00995. The number of carboxylic acid groups (broad SMARTS) is 1. The molecule has 18 heavy (non-hydrogen) atoms. The second-order valence-electron chi connectivity index (χ2n) is 3.61. The predicted molar refractivity (Wildman–Crippen MR) is 68.8 cm³/mol. The molecule has 98 valence electrons. The van der Waals surface area contributed by atoms with Crippen LogP contribution < -0.4 is 5.32 Å². The number of aliphatic carboxylic acids is 1. The van der Waals surface area contributed by atoms with Crippen LogP contribution in [0.4, 0.5) is 0 Å². The number of hydrogen-bond donors (Lipinski definition) is 3. The van der Waals surface area contributed by atoms with E-state index in [9.17, 15) is 9.59 Å². The third kappa shape index (κ3) is 4.05. The van der Waals surface area contributed by atoms with Crippen LogP contribution in [-0.4, -0.2) is 41.0 Å². The highest BCUT2D eigenvalue weighted by Gasteiger charge is 2.19. The molecule has 1 aromatic rings. The topological polar surface area (TPSA) is 86.6 Å². The number of carbonyl (C=O) groups is 2. The van der Waals surface area contributed by atoms with Crippen molar-refractivity contribution in [3.63, 3.8) is 0 Å². The van der Waals surface area contributed by atoms with Gasteiger partial charge in [-0.15, -0.1) is 11.8 Å². The zero-order valence-electron chi connectivity index (χ0n) is 9.92. The van der Waals surface area contributed by atoms with E-state index < -0.39 is 17.9 Å². The van der Waals surface area contributed by atoms with Crippen molar-refractivity contribution in [3.05, 3.63) is 29.8 Å². The van der Waals surface area contributed by atoms with Crippen LogP contribution in [0.2, 0.25) is 0 Å². The Kier molecular flexibility index (Phi) is 5.67. The maximum atomic E-state index is 11.8. The first-order chi connectivity index (χ1) is 8.58. The first-order valence-electron chi connectivity index (χ1n) is 5.37. The Morgan fingerprint density at radius 3 is 2.39 bits per heavy atom. The van der Waals surface area contributed by atoms with Crippen molar-refractivity contribution in [1.29, 1.82) is 0 Å². The number of aliphatic hydroxyl groups excluding tert-OH is 1. The first-order valence-corrected chi connectivity index (χ1v) is 6.59. The molecule has 0 heterocycles. The summed E-state index contributed by atoms with van der Waals surface area (Å²) < 4.78 is 0. The first kappa shape index (κ1) is 14.5. The average Bonchev–Trinajstić information content (AvgIpc) is 2.38. The van der Waals surface area contributed by atoms with Gasteiger partial charge in [0.25, 0.3) is 5.91 Å². The SMILES string of the molecule is CSc1ccc(C(=O)N[C@@H](CCO)C(=O)O)cc1. The molecule has 0 aromatic heterocycles. The molecule has 0 aliphatic rings. The molecule has 0 fully saturated rings.